The molecule has 6 nitrogen and oxygen atoms in total. The standard InChI is InChI=1S/C23H27N3O3/c1-17(27)26(22-7-2-3-12-24-22)20-8-9-21-18(15-20)16-28-23(29-21)10-13-25(14-11-23)19-5-4-6-19/h2-3,7-9,12,15,19H,4-6,10-11,13-14,16H2,1H3. The number of benzene rings is 1. The van der Waals surface area contributed by atoms with Crippen molar-refractivity contribution in [3.63, 3.8) is 0 Å². The maximum absolute atomic E-state index is 12.3. The zero-order valence-electron chi connectivity index (χ0n) is 16.8. The lowest BCUT2D eigenvalue weighted by molar-refractivity contribution is -0.231. The maximum Gasteiger partial charge on any atom is 0.229 e. The van der Waals surface area contributed by atoms with Gasteiger partial charge in [-0.05, 0) is 43.2 Å². The van der Waals surface area contributed by atoms with E-state index in [2.05, 4.69) is 9.88 Å². The summed E-state index contributed by atoms with van der Waals surface area (Å²) < 4.78 is 12.6. The molecule has 3 heterocycles. The molecule has 0 bridgehead atoms. The summed E-state index contributed by atoms with van der Waals surface area (Å²) in [6, 6.07) is 12.2. The van der Waals surface area contributed by atoms with E-state index in [1.807, 2.05) is 36.4 Å². The van der Waals surface area contributed by atoms with E-state index in [1.54, 1.807) is 18.0 Å². The van der Waals surface area contributed by atoms with Crippen LogP contribution in [0.3, 0.4) is 0 Å². The monoisotopic (exact) mass is 393 g/mol. The fourth-order valence-corrected chi connectivity index (χ4v) is 4.55. The van der Waals surface area contributed by atoms with Gasteiger partial charge in [0.05, 0.1) is 12.3 Å². The third kappa shape index (κ3) is 3.51. The molecule has 1 aromatic heterocycles. The summed E-state index contributed by atoms with van der Waals surface area (Å²) in [7, 11) is 0. The number of carbonyl (C=O) groups is 1. The molecule has 6 heteroatoms. The van der Waals surface area contributed by atoms with Gasteiger partial charge in [-0.3, -0.25) is 14.6 Å². The molecule has 0 unspecified atom stereocenters. The van der Waals surface area contributed by atoms with Gasteiger partial charge in [-0.15, -0.1) is 0 Å². The first-order chi connectivity index (χ1) is 14.1. The molecular formula is C23H27N3O3. The Kier molecular flexibility index (Phi) is 4.76. The first-order valence-corrected chi connectivity index (χ1v) is 10.6. The molecule has 5 rings (SSSR count). The van der Waals surface area contributed by atoms with Gasteiger partial charge in [0.1, 0.15) is 11.6 Å². The molecule has 1 saturated heterocycles. The van der Waals surface area contributed by atoms with Crippen molar-refractivity contribution in [3.8, 4) is 5.75 Å². The van der Waals surface area contributed by atoms with Crippen molar-refractivity contribution in [2.75, 3.05) is 18.0 Å². The minimum absolute atomic E-state index is 0.0823. The van der Waals surface area contributed by atoms with Gasteiger partial charge in [0.25, 0.3) is 0 Å². The number of piperidine rings is 1. The molecule has 1 aliphatic carbocycles. The Morgan fingerprint density at radius 3 is 2.69 bits per heavy atom. The van der Waals surface area contributed by atoms with Crippen LogP contribution < -0.4 is 9.64 Å². The van der Waals surface area contributed by atoms with Crippen LogP contribution in [0.4, 0.5) is 11.5 Å². The van der Waals surface area contributed by atoms with E-state index in [9.17, 15) is 4.79 Å². The molecule has 2 fully saturated rings. The van der Waals surface area contributed by atoms with E-state index < -0.39 is 5.79 Å². The van der Waals surface area contributed by atoms with E-state index >= 15 is 0 Å². The number of aromatic nitrogens is 1. The molecule has 0 atom stereocenters. The summed E-state index contributed by atoms with van der Waals surface area (Å²) in [4.78, 5) is 20.8. The average molecular weight is 393 g/mol. The van der Waals surface area contributed by atoms with Crippen molar-refractivity contribution >= 4 is 17.4 Å². The lowest BCUT2D eigenvalue weighted by Crippen LogP contribution is -2.54. The number of hydrogen-bond acceptors (Lipinski definition) is 5. The smallest absolute Gasteiger partial charge is 0.229 e. The zero-order valence-corrected chi connectivity index (χ0v) is 16.8. The van der Waals surface area contributed by atoms with E-state index in [-0.39, 0.29) is 5.91 Å². The van der Waals surface area contributed by atoms with Crippen LogP contribution in [0.15, 0.2) is 42.6 Å². The normalized spacial score (nSPS) is 21.1. The fourth-order valence-electron chi connectivity index (χ4n) is 4.55. The Morgan fingerprint density at radius 1 is 1.21 bits per heavy atom. The largest absolute Gasteiger partial charge is 0.462 e. The number of anilines is 2. The lowest BCUT2D eigenvalue weighted by Gasteiger charge is -2.47. The number of rotatable bonds is 3. The molecule has 2 aliphatic heterocycles. The van der Waals surface area contributed by atoms with Crippen molar-refractivity contribution in [3.05, 3.63) is 48.2 Å². The average Bonchev–Trinajstić information content (AvgIpc) is 2.69. The van der Waals surface area contributed by atoms with Gasteiger partial charge in [0.15, 0.2) is 0 Å². The molecule has 2 aromatic rings. The predicted octanol–water partition coefficient (Wildman–Crippen LogP) is 4.02. The molecule has 29 heavy (non-hydrogen) atoms. The number of hydrogen-bond donors (Lipinski definition) is 0. The van der Waals surface area contributed by atoms with Gasteiger partial charge >= 0.3 is 0 Å². The number of amides is 1. The molecule has 1 saturated carbocycles. The minimum atomic E-state index is -0.504. The highest BCUT2D eigenvalue weighted by atomic mass is 16.7. The SMILES string of the molecule is CC(=O)N(c1ccc2c(c1)COC1(CCN(C3CCC3)CC1)O2)c1ccccn1. The zero-order chi connectivity index (χ0) is 19.8. The third-order valence-electron chi connectivity index (χ3n) is 6.43. The van der Waals surface area contributed by atoms with Crippen molar-refractivity contribution in [1.29, 1.82) is 0 Å². The van der Waals surface area contributed by atoms with Crippen molar-refractivity contribution in [1.82, 2.24) is 9.88 Å². The van der Waals surface area contributed by atoms with Crippen LogP contribution in [0.25, 0.3) is 0 Å². The maximum atomic E-state index is 12.3. The Labute approximate surface area is 171 Å². The van der Waals surface area contributed by atoms with Gasteiger partial charge in [-0.1, -0.05) is 12.5 Å². The number of likely N-dealkylation sites (tertiary alicyclic amines) is 1. The quantitative estimate of drug-likeness (QED) is 0.788. The molecule has 1 aromatic carbocycles. The van der Waals surface area contributed by atoms with E-state index in [0.717, 1.165) is 49.0 Å². The van der Waals surface area contributed by atoms with E-state index in [1.165, 1.54) is 19.3 Å². The van der Waals surface area contributed by atoms with E-state index in [0.29, 0.717) is 12.4 Å². The van der Waals surface area contributed by atoms with Crippen LogP contribution in [0.2, 0.25) is 0 Å². The molecule has 152 valence electrons. The number of carbonyl (C=O) groups excluding carboxylic acids is 1. The number of ether oxygens (including phenoxy) is 2. The van der Waals surface area contributed by atoms with Crippen LogP contribution in [-0.2, 0) is 16.1 Å². The van der Waals surface area contributed by atoms with Gasteiger partial charge in [0.2, 0.25) is 11.7 Å². The van der Waals surface area contributed by atoms with Crippen LogP contribution in [-0.4, -0.2) is 40.7 Å². The second kappa shape index (κ2) is 7.43. The fraction of sp³-hybridized carbons (Fsp3) is 0.478. The molecule has 1 spiro atoms. The third-order valence-corrected chi connectivity index (χ3v) is 6.43. The second-order valence-electron chi connectivity index (χ2n) is 8.26. The summed E-state index contributed by atoms with van der Waals surface area (Å²) in [5, 5.41) is 0. The highest BCUT2D eigenvalue weighted by Crippen LogP contribution is 2.41. The van der Waals surface area contributed by atoms with Crippen molar-refractivity contribution < 1.29 is 14.3 Å². The second-order valence-corrected chi connectivity index (χ2v) is 8.26. The summed E-state index contributed by atoms with van der Waals surface area (Å²) in [6.45, 7) is 4.12. The van der Waals surface area contributed by atoms with Crippen LogP contribution >= 0.6 is 0 Å². The Balaban J connectivity index is 1.34. The summed E-state index contributed by atoms with van der Waals surface area (Å²) in [5.41, 5.74) is 1.75. The van der Waals surface area contributed by atoms with Gasteiger partial charge in [-0.2, -0.15) is 0 Å². The molecule has 0 radical (unpaired) electrons. The van der Waals surface area contributed by atoms with Gasteiger partial charge < -0.3 is 9.47 Å². The molecular weight excluding hydrogens is 366 g/mol. The molecule has 3 aliphatic rings. The predicted molar refractivity (Wildman–Crippen MR) is 110 cm³/mol. The first-order valence-electron chi connectivity index (χ1n) is 10.6. The summed E-state index contributed by atoms with van der Waals surface area (Å²) in [6.07, 6.45) is 7.53. The van der Waals surface area contributed by atoms with Gasteiger partial charge in [0, 0.05) is 50.7 Å². The Morgan fingerprint density at radius 2 is 2.03 bits per heavy atom. The first kappa shape index (κ1) is 18.6. The summed E-state index contributed by atoms with van der Waals surface area (Å²) >= 11 is 0. The van der Waals surface area contributed by atoms with Crippen LogP contribution in [0, 0.1) is 0 Å². The van der Waals surface area contributed by atoms with Crippen LogP contribution in [0.5, 0.6) is 5.75 Å². The Bertz CT molecular complexity index is 889. The highest BCUT2D eigenvalue weighted by molar-refractivity contribution is 5.98. The molecule has 0 N–H and O–H groups in total. The van der Waals surface area contributed by atoms with Gasteiger partial charge in [-0.25, -0.2) is 4.98 Å². The Hall–Kier alpha value is -2.44. The minimum Gasteiger partial charge on any atom is -0.462 e. The van der Waals surface area contributed by atoms with Crippen molar-refractivity contribution in [2.45, 2.75) is 57.5 Å². The number of fused-ring (bicyclic) bond motifs is 1. The lowest BCUT2D eigenvalue weighted by atomic mass is 9.89. The van der Waals surface area contributed by atoms with Crippen LogP contribution in [0.1, 0.15) is 44.6 Å². The summed E-state index contributed by atoms with van der Waals surface area (Å²) in [5.74, 6) is 0.885. The van der Waals surface area contributed by atoms with E-state index in [4.69, 9.17) is 9.47 Å². The van der Waals surface area contributed by atoms with Crippen molar-refractivity contribution in [2.24, 2.45) is 0 Å². The molecule has 1 amide bonds. The topological polar surface area (TPSA) is 54.9 Å². The number of nitrogens with zero attached hydrogens (tertiary/aromatic N) is 3. The highest BCUT2D eigenvalue weighted by Gasteiger charge is 2.42. The number of pyridine rings is 1.